The number of benzene rings is 6. The molecule has 0 fully saturated rings. The minimum Gasteiger partial charge on any atom is -0.205 e. The van der Waals surface area contributed by atoms with Gasteiger partial charge in [-0.2, -0.15) is 0 Å². The molecule has 0 aliphatic heterocycles. The first-order valence-electron chi connectivity index (χ1n) is 31.5. The van der Waals surface area contributed by atoms with Crippen LogP contribution in [0.25, 0.3) is 64.6 Å². The van der Waals surface area contributed by atoms with Crippen molar-refractivity contribution in [2.45, 2.75) is 156 Å². The molecule has 0 N–H and O–H groups in total. The summed E-state index contributed by atoms with van der Waals surface area (Å²) in [4.78, 5) is 0. The summed E-state index contributed by atoms with van der Waals surface area (Å²) in [6.07, 6.45) is 15.4. The third-order valence-electron chi connectivity index (χ3n) is 14.9. The summed E-state index contributed by atoms with van der Waals surface area (Å²) in [6, 6.07) is 74.7. The van der Waals surface area contributed by atoms with Crippen molar-refractivity contribution in [3.05, 3.63) is 286 Å². The third-order valence-corrected chi connectivity index (χ3v) is 14.9. The summed E-state index contributed by atoms with van der Waals surface area (Å²) in [5.41, 5.74) is 1.96. The average Bonchev–Trinajstić information content (AvgIpc) is 0.815. The van der Waals surface area contributed by atoms with Crippen LogP contribution in [0.2, 0.25) is 0 Å². The number of halogens is 11. The molecule has 0 saturated carbocycles. The molecule has 474 valence electrons. The van der Waals surface area contributed by atoms with E-state index in [1.165, 1.54) is 6.07 Å². The highest BCUT2D eigenvalue weighted by atomic mass is 19.2. The second kappa shape index (κ2) is 37.1. The van der Waals surface area contributed by atoms with Gasteiger partial charge in [0, 0.05) is 37.9 Å². The molecule has 0 amide bonds. The summed E-state index contributed by atoms with van der Waals surface area (Å²) in [5.74, 6) is -18.8. The lowest BCUT2D eigenvalue weighted by Crippen LogP contribution is -2.00. The van der Waals surface area contributed by atoms with Crippen molar-refractivity contribution in [1.29, 1.82) is 0 Å². The fourth-order valence-electron chi connectivity index (χ4n) is 9.98. The maximum Gasteiger partial charge on any atom is 0.197 e. The van der Waals surface area contributed by atoms with Gasteiger partial charge in [-0.05, 0) is 232 Å². The van der Waals surface area contributed by atoms with E-state index < -0.39 is 102 Å². The van der Waals surface area contributed by atoms with Crippen LogP contribution in [-0.2, 0) is 25.7 Å². The Hall–Kier alpha value is -10.7. The van der Waals surface area contributed by atoms with E-state index in [1.54, 1.807) is 48.5 Å². The number of hydrogen-bond acceptors (Lipinski definition) is 0. The fourth-order valence-corrected chi connectivity index (χ4v) is 9.98. The molecule has 0 nitrogen and oxygen atoms in total. The van der Waals surface area contributed by atoms with E-state index in [0.29, 0.717) is 64.4 Å². The van der Waals surface area contributed by atoms with Crippen LogP contribution in [0.5, 0.6) is 0 Å². The minimum atomic E-state index is -2.05. The van der Waals surface area contributed by atoms with Gasteiger partial charge >= 0.3 is 0 Å². The molecule has 0 aliphatic rings. The molecule has 0 aromatic heterocycles. The van der Waals surface area contributed by atoms with Crippen molar-refractivity contribution in [1.82, 2.24) is 0 Å². The summed E-state index contributed by atoms with van der Waals surface area (Å²) < 4.78 is 172. The minimum absolute atomic E-state index is 0.0842. The van der Waals surface area contributed by atoms with Gasteiger partial charge in [-0.1, -0.05) is 141 Å². The van der Waals surface area contributed by atoms with Crippen LogP contribution in [0.15, 0.2) is 54.6 Å². The highest BCUT2D eigenvalue weighted by Crippen LogP contribution is 2.28. The molecule has 11 heteroatoms. The highest BCUT2D eigenvalue weighted by molar-refractivity contribution is 5.72. The zero-order valence-electron chi connectivity index (χ0n) is 53.0. The normalized spacial score (nSPS) is 9.88. The third kappa shape index (κ3) is 20.6. The zero-order chi connectivity index (χ0) is 68.1. The predicted molar refractivity (Wildman–Crippen MR) is 347 cm³/mol. The van der Waals surface area contributed by atoms with Gasteiger partial charge in [-0.25, -0.2) is 48.3 Å². The fraction of sp³-hybridized carbons (Fsp3) is 0.286. The van der Waals surface area contributed by atoms with Gasteiger partial charge in [0.15, 0.2) is 52.4 Å². The summed E-state index contributed by atoms with van der Waals surface area (Å²) in [6.45, 7) is 8.17. The van der Waals surface area contributed by atoms with Crippen molar-refractivity contribution in [3.8, 4) is 0 Å². The number of unbranched alkanes of at least 4 members (excludes halogenated alkanes) is 12. The largest absolute Gasteiger partial charge is 0.205 e. The Morgan fingerprint density at radius 3 is 0.621 bits per heavy atom. The number of fused-ring (bicyclic) bond motifs is 12. The van der Waals surface area contributed by atoms with Crippen LogP contribution in [0.4, 0.5) is 48.3 Å². The van der Waals surface area contributed by atoms with Crippen LogP contribution < -0.4 is 0 Å². The van der Waals surface area contributed by atoms with E-state index in [1.807, 2.05) is 6.92 Å². The SMILES string of the molecule is CCCCCCc1cc2c#cc#cc3c(F)c(F)c(F)c(c#cc#cc4cc(CCCCCC)cc(c#cc#cc5c(F)c(CCCCCC)c(F)c(c#cc#cc6cc(CCCCCC)cc(c#cc#cc7c(F)c(F)c(F)c(c#cc#cc(c1)c2)c7F)c6)c5F)c4)c3F. The van der Waals surface area contributed by atoms with E-state index >= 15 is 48.3 Å². The summed E-state index contributed by atoms with van der Waals surface area (Å²) in [5, 5.41) is -4.03. The molecule has 12 bridgehead atoms. The molecule has 0 saturated heterocycles. The Balaban J connectivity index is 1.47. The Morgan fingerprint density at radius 2 is 0.400 bits per heavy atom. The van der Waals surface area contributed by atoms with Gasteiger partial charge in [0.25, 0.3) is 0 Å². The lowest BCUT2D eigenvalue weighted by atomic mass is 10.0. The maximum atomic E-state index is 16.4. The van der Waals surface area contributed by atoms with Crippen LogP contribution in [0.3, 0.4) is 0 Å². The molecule has 0 heterocycles. The molecule has 7 rings (SSSR count). The maximum absolute atomic E-state index is 16.4. The molecule has 7 aromatic carbocycles. The van der Waals surface area contributed by atoms with E-state index in [9.17, 15) is 0 Å². The van der Waals surface area contributed by atoms with Crippen molar-refractivity contribution in [2.75, 3.05) is 0 Å². The Kier molecular flexibility index (Phi) is 28.0. The number of aryl methyl sites for hydroxylation is 3. The molecule has 0 spiro atoms. The van der Waals surface area contributed by atoms with Gasteiger partial charge in [-0.15, -0.1) is 0 Å². The van der Waals surface area contributed by atoms with Crippen LogP contribution >= 0.6 is 0 Å². The lowest BCUT2D eigenvalue weighted by molar-refractivity contribution is 0.450. The van der Waals surface area contributed by atoms with Crippen LogP contribution in [0.1, 0.15) is 153 Å². The van der Waals surface area contributed by atoms with Gasteiger partial charge in [0.05, 0.1) is 10.8 Å². The topological polar surface area (TPSA) is 0 Å². The first-order valence-corrected chi connectivity index (χ1v) is 31.5. The molecule has 0 aliphatic carbocycles. The molecular formula is C84H61F11. The van der Waals surface area contributed by atoms with E-state index in [4.69, 9.17) is 0 Å². The molecule has 0 atom stereocenters. The first kappa shape index (κ1) is 71.7. The zero-order valence-corrected chi connectivity index (χ0v) is 53.0. The first-order chi connectivity index (χ1) is 46.1. The molecule has 7 aromatic rings. The molecule has 95 heavy (non-hydrogen) atoms. The van der Waals surface area contributed by atoms with E-state index in [0.717, 1.165) is 107 Å². The summed E-state index contributed by atoms with van der Waals surface area (Å²) in [7, 11) is 0. The summed E-state index contributed by atoms with van der Waals surface area (Å²) >= 11 is 0. The standard InChI is InChI=1S/C84H61F11/c1-5-9-13-17-33-58-49-61-36-21-27-43-68-74(85)67(42-20-16-12-8-4)75(86)69(76(68)87)44-28-22-37-62-50-59(34-18-14-10-6-2)52-64(56-62)39-24-30-46-71-78(89)73(82(93)84(95)80(71)91)48-32-26-41-66-54-60(35-19-15-11-7-3)53-65(57-66)40-25-31-47-72-77(88)70(79(90)83(94)81(72)92)45-29-23-38-63(51-58)55-61/h49-57H,5-20,33-35,42H2,1-4H3. The van der Waals surface area contributed by atoms with Crippen molar-refractivity contribution in [2.24, 2.45) is 0 Å². The van der Waals surface area contributed by atoms with Gasteiger partial charge < -0.3 is 0 Å². The van der Waals surface area contributed by atoms with Gasteiger partial charge in [0.2, 0.25) is 0 Å². The van der Waals surface area contributed by atoms with E-state index in [-0.39, 0.29) is 6.42 Å². The smallest absolute Gasteiger partial charge is 0.197 e. The lowest BCUT2D eigenvalue weighted by Gasteiger charge is -2.07. The van der Waals surface area contributed by atoms with Crippen LogP contribution in [-0.4, -0.2) is 0 Å². The Labute approximate surface area is 552 Å². The number of rotatable bonds is 20. The van der Waals surface area contributed by atoms with Crippen molar-refractivity contribution in [3.63, 3.8) is 0 Å². The Bertz CT molecular complexity index is 4110. The molecule has 0 unspecified atom stereocenters. The Morgan fingerprint density at radius 1 is 0.200 bits per heavy atom. The predicted octanol–water partition coefficient (Wildman–Crippen LogP) is 22.3. The molecular weight excluding hydrogens is 1220 g/mol. The monoisotopic (exact) mass is 1280 g/mol. The van der Waals surface area contributed by atoms with Crippen molar-refractivity contribution < 1.29 is 48.3 Å². The van der Waals surface area contributed by atoms with Crippen molar-refractivity contribution >= 4 is 64.6 Å². The van der Waals surface area contributed by atoms with Crippen LogP contribution in [0, 0.1) is 210 Å². The highest BCUT2D eigenvalue weighted by Gasteiger charge is 2.22. The van der Waals surface area contributed by atoms with Gasteiger partial charge in [-0.3, -0.25) is 0 Å². The molecule has 0 radical (unpaired) electrons. The second-order valence-corrected chi connectivity index (χ2v) is 22.2. The van der Waals surface area contributed by atoms with Gasteiger partial charge in [0.1, 0.15) is 33.2 Å². The second-order valence-electron chi connectivity index (χ2n) is 22.2. The quantitative estimate of drug-likeness (QED) is 0.0309. The average molecular weight is 1280 g/mol. The number of hydrogen-bond donors (Lipinski definition) is 0. The van der Waals surface area contributed by atoms with E-state index in [2.05, 4.69) is 166 Å².